The molecule has 10 heteroatoms. The first-order chi connectivity index (χ1) is 15.1. The number of anilines is 3. The Morgan fingerprint density at radius 1 is 1.19 bits per heavy atom. The van der Waals surface area contributed by atoms with Crippen LogP contribution in [0, 0.1) is 0 Å². The van der Waals surface area contributed by atoms with Gasteiger partial charge in [-0.3, -0.25) is 19.5 Å². The van der Waals surface area contributed by atoms with Crippen LogP contribution in [0.25, 0.3) is 0 Å². The van der Waals surface area contributed by atoms with Crippen LogP contribution in [0.3, 0.4) is 0 Å². The lowest BCUT2D eigenvalue weighted by Crippen LogP contribution is -2.43. The highest BCUT2D eigenvalue weighted by Gasteiger charge is 2.31. The van der Waals surface area contributed by atoms with Gasteiger partial charge in [0.2, 0.25) is 5.88 Å². The number of oxazole rings is 1. The molecule has 1 fully saturated rings. The van der Waals surface area contributed by atoms with Gasteiger partial charge in [-0.25, -0.2) is 4.98 Å². The molecule has 2 N–H and O–H groups in total. The summed E-state index contributed by atoms with van der Waals surface area (Å²) in [5.41, 5.74) is 2.82. The molecular weight excluding hydrogens is 420 g/mol. The quantitative estimate of drug-likeness (QED) is 0.645. The second-order valence-electron chi connectivity index (χ2n) is 7.28. The third kappa shape index (κ3) is 3.73. The van der Waals surface area contributed by atoms with Crippen LogP contribution < -0.4 is 20.4 Å². The van der Waals surface area contributed by atoms with E-state index in [0.717, 1.165) is 37.4 Å². The van der Waals surface area contributed by atoms with Gasteiger partial charge in [0.05, 0.1) is 30.3 Å². The third-order valence-electron chi connectivity index (χ3n) is 5.33. The topological polar surface area (TPSA) is 104 Å². The van der Waals surface area contributed by atoms with E-state index in [-0.39, 0.29) is 17.7 Å². The molecule has 4 heterocycles. The number of halogens is 1. The molecule has 2 aromatic heterocycles. The van der Waals surface area contributed by atoms with Crippen molar-refractivity contribution in [3.05, 3.63) is 64.9 Å². The number of pyridine rings is 1. The summed E-state index contributed by atoms with van der Waals surface area (Å²) < 4.78 is 5.62. The predicted octanol–water partition coefficient (Wildman–Crippen LogP) is 2.55. The smallest absolute Gasteiger partial charge is 0.311 e. The second-order valence-corrected chi connectivity index (χ2v) is 7.72. The summed E-state index contributed by atoms with van der Waals surface area (Å²) in [5.74, 6) is -0.659. The summed E-state index contributed by atoms with van der Waals surface area (Å²) in [5, 5.41) is 6.69. The number of nitrogens with zero attached hydrogens (tertiary/aromatic N) is 4. The Morgan fingerprint density at radius 3 is 2.87 bits per heavy atom. The maximum Gasteiger partial charge on any atom is 0.311 e. The van der Waals surface area contributed by atoms with Crippen molar-refractivity contribution in [3.8, 4) is 0 Å². The van der Waals surface area contributed by atoms with Gasteiger partial charge in [-0.15, -0.1) is 0 Å². The van der Waals surface area contributed by atoms with Crippen LogP contribution in [0.2, 0.25) is 5.02 Å². The van der Waals surface area contributed by atoms with Crippen molar-refractivity contribution in [3.63, 3.8) is 0 Å². The highest BCUT2D eigenvalue weighted by molar-refractivity contribution is 6.31. The minimum atomic E-state index is -0.511. The van der Waals surface area contributed by atoms with Crippen molar-refractivity contribution in [1.29, 1.82) is 0 Å². The van der Waals surface area contributed by atoms with E-state index in [1.165, 1.54) is 11.1 Å². The lowest BCUT2D eigenvalue weighted by molar-refractivity contribution is 0.0972. The number of carbonyl (C=O) groups excluding carboxylic acids is 2. The number of fused-ring (bicyclic) bond motifs is 1. The van der Waals surface area contributed by atoms with E-state index in [2.05, 4.69) is 25.5 Å². The summed E-state index contributed by atoms with van der Waals surface area (Å²) in [4.78, 5) is 37.3. The summed E-state index contributed by atoms with van der Waals surface area (Å²) in [6.45, 7) is 3.71. The van der Waals surface area contributed by atoms with Crippen LogP contribution in [-0.4, -0.2) is 48.0 Å². The summed E-state index contributed by atoms with van der Waals surface area (Å²) in [6, 6.07) is 6.97. The Kier molecular flexibility index (Phi) is 5.05. The predicted molar refractivity (Wildman–Crippen MR) is 116 cm³/mol. The summed E-state index contributed by atoms with van der Waals surface area (Å²) in [6.07, 6.45) is 4.67. The summed E-state index contributed by atoms with van der Waals surface area (Å²) >= 11 is 6.03. The highest BCUT2D eigenvalue weighted by Crippen LogP contribution is 2.31. The molecule has 3 aromatic rings. The second kappa shape index (κ2) is 8.01. The minimum Gasteiger partial charge on any atom is -0.416 e. The van der Waals surface area contributed by atoms with Crippen molar-refractivity contribution >= 4 is 40.7 Å². The number of hydrogen-bond acceptors (Lipinski definition) is 7. The molecule has 1 aromatic carbocycles. The van der Waals surface area contributed by atoms with Crippen molar-refractivity contribution in [2.45, 2.75) is 6.54 Å². The Morgan fingerprint density at radius 2 is 2.03 bits per heavy atom. The van der Waals surface area contributed by atoms with Crippen molar-refractivity contribution < 1.29 is 14.0 Å². The average molecular weight is 439 g/mol. The first-order valence-corrected chi connectivity index (χ1v) is 10.2. The van der Waals surface area contributed by atoms with E-state index in [1.807, 2.05) is 6.07 Å². The third-order valence-corrected chi connectivity index (χ3v) is 5.56. The zero-order chi connectivity index (χ0) is 21.4. The van der Waals surface area contributed by atoms with E-state index in [4.69, 9.17) is 16.0 Å². The van der Waals surface area contributed by atoms with Gasteiger partial charge in [-0.05, 0) is 29.8 Å². The van der Waals surface area contributed by atoms with Crippen LogP contribution in [0.4, 0.5) is 17.3 Å². The Balaban J connectivity index is 1.33. The van der Waals surface area contributed by atoms with Gasteiger partial charge in [0.1, 0.15) is 0 Å². The van der Waals surface area contributed by atoms with Gasteiger partial charge >= 0.3 is 5.91 Å². The Labute approximate surface area is 183 Å². The fourth-order valence-corrected chi connectivity index (χ4v) is 4.00. The number of aromatic nitrogens is 2. The van der Waals surface area contributed by atoms with Crippen molar-refractivity contribution in [1.82, 2.24) is 15.3 Å². The van der Waals surface area contributed by atoms with Gasteiger partial charge in [-0.2, -0.15) is 0 Å². The monoisotopic (exact) mass is 438 g/mol. The number of amides is 2. The molecule has 9 nitrogen and oxygen atoms in total. The molecule has 31 heavy (non-hydrogen) atoms. The lowest BCUT2D eigenvalue weighted by Gasteiger charge is -2.30. The fourth-order valence-electron chi connectivity index (χ4n) is 3.80. The zero-order valence-corrected chi connectivity index (χ0v) is 17.2. The first-order valence-electron chi connectivity index (χ1n) is 9.87. The van der Waals surface area contributed by atoms with E-state index >= 15 is 0 Å². The van der Waals surface area contributed by atoms with Crippen LogP contribution in [0.15, 0.2) is 47.3 Å². The van der Waals surface area contributed by atoms with Crippen molar-refractivity contribution in [2.24, 2.45) is 0 Å². The molecule has 0 aliphatic carbocycles. The van der Waals surface area contributed by atoms with Crippen molar-refractivity contribution in [2.75, 3.05) is 41.3 Å². The number of benzene rings is 1. The molecule has 0 unspecified atom stereocenters. The van der Waals surface area contributed by atoms with Crippen LogP contribution in [0.5, 0.6) is 0 Å². The molecule has 1 saturated heterocycles. The Bertz CT molecular complexity index is 1160. The molecule has 2 amide bonds. The largest absolute Gasteiger partial charge is 0.416 e. The zero-order valence-electron chi connectivity index (χ0n) is 16.5. The van der Waals surface area contributed by atoms with E-state index in [1.54, 1.807) is 30.6 Å². The van der Waals surface area contributed by atoms with Gasteiger partial charge < -0.3 is 20.0 Å². The number of carbonyl (C=O) groups is 2. The number of hydrogen-bond donors (Lipinski definition) is 2. The van der Waals surface area contributed by atoms with Gasteiger partial charge in [0.15, 0.2) is 0 Å². The SMILES string of the molecule is O=C(Nc1cnccc1N1CCNCC1)c1ncc(N2Cc3cc(Cl)ccc3C2=O)o1. The molecule has 0 spiro atoms. The maximum absolute atomic E-state index is 12.8. The average Bonchev–Trinajstić information content (AvgIpc) is 3.39. The first kappa shape index (κ1) is 19.5. The van der Waals surface area contributed by atoms with E-state index < -0.39 is 5.91 Å². The fraction of sp³-hybridized carbons (Fsp3) is 0.238. The van der Waals surface area contributed by atoms with Crippen LogP contribution in [0.1, 0.15) is 26.6 Å². The highest BCUT2D eigenvalue weighted by atomic mass is 35.5. The molecule has 2 aliphatic rings. The Hall–Kier alpha value is -3.43. The van der Waals surface area contributed by atoms with Gasteiger partial charge in [0, 0.05) is 43.0 Å². The van der Waals surface area contributed by atoms with E-state index in [9.17, 15) is 9.59 Å². The number of piperazine rings is 1. The van der Waals surface area contributed by atoms with E-state index in [0.29, 0.717) is 22.8 Å². The molecule has 0 saturated carbocycles. The minimum absolute atomic E-state index is 0.132. The van der Waals surface area contributed by atoms with Crippen LogP contribution in [-0.2, 0) is 6.54 Å². The molecule has 5 rings (SSSR count). The van der Waals surface area contributed by atoms with Crippen LogP contribution >= 0.6 is 11.6 Å². The molecular formula is C21H19ClN6O3. The molecule has 0 bridgehead atoms. The molecule has 0 atom stereocenters. The summed E-state index contributed by atoms with van der Waals surface area (Å²) in [7, 11) is 0. The van der Waals surface area contributed by atoms with Gasteiger partial charge in [0.25, 0.3) is 11.8 Å². The van der Waals surface area contributed by atoms with Gasteiger partial charge in [-0.1, -0.05) is 11.6 Å². The number of rotatable bonds is 4. The normalized spacial score (nSPS) is 15.8. The lowest BCUT2D eigenvalue weighted by atomic mass is 10.1. The maximum atomic E-state index is 12.8. The standard InChI is InChI=1S/C21H19ClN6O3/c22-14-1-2-15-13(9-14)12-28(21(15)30)18-11-25-20(31-18)19(29)26-16-10-24-4-3-17(16)27-7-5-23-6-8-27/h1-4,9-11,23H,5-8,12H2,(H,26,29). The molecule has 0 radical (unpaired) electrons. The number of nitrogens with one attached hydrogen (secondary N) is 2. The molecule has 2 aliphatic heterocycles. The molecule has 158 valence electrons.